The molecule has 0 fully saturated rings. The molecule has 0 aromatic carbocycles. The number of unbranched alkanes of at least 4 members (excludes halogenated alkanes) is 3. The lowest BCUT2D eigenvalue weighted by atomic mass is 9.77. The summed E-state index contributed by atoms with van der Waals surface area (Å²) in [5.74, 6) is -1.80. The lowest BCUT2D eigenvalue weighted by Gasteiger charge is -2.16. The molecule has 0 rings (SSSR count). The van der Waals surface area contributed by atoms with Crippen LogP contribution in [-0.2, 0) is 4.79 Å². The van der Waals surface area contributed by atoms with Gasteiger partial charge in [-0.3, -0.25) is 4.79 Å². The highest BCUT2D eigenvalue weighted by Crippen LogP contribution is 1.97. The molecule has 1 atom stereocenters. The Kier molecular flexibility index (Phi) is 9.04. The summed E-state index contributed by atoms with van der Waals surface area (Å²) in [4.78, 5) is 22.0. The van der Waals surface area contributed by atoms with Gasteiger partial charge in [0.05, 0.1) is 5.94 Å². The molecule has 6 N–H and O–H groups in total. The van der Waals surface area contributed by atoms with Crippen LogP contribution in [0.4, 0.5) is 4.79 Å². The van der Waals surface area contributed by atoms with E-state index in [0.29, 0.717) is 6.54 Å². The molecular formula is C10H22BN3O4. The molecule has 0 aromatic rings. The highest BCUT2D eigenvalue weighted by atomic mass is 16.4. The van der Waals surface area contributed by atoms with Crippen LogP contribution in [0.5, 0.6) is 0 Å². The molecule has 104 valence electrons. The Morgan fingerprint density at radius 2 is 1.94 bits per heavy atom. The second-order valence-corrected chi connectivity index (χ2v) is 4.15. The average molecular weight is 259 g/mol. The van der Waals surface area contributed by atoms with Gasteiger partial charge in [0.1, 0.15) is 0 Å². The molecule has 0 bridgehead atoms. The molecule has 0 unspecified atom stereocenters. The maximum absolute atomic E-state index is 11.4. The molecule has 0 saturated carbocycles. The van der Waals surface area contributed by atoms with Gasteiger partial charge in [-0.15, -0.1) is 0 Å². The second kappa shape index (κ2) is 9.72. The molecule has 0 aromatic heterocycles. The number of urea groups is 1. The number of carbonyl (C=O) groups excluding carboxylic acids is 2. The predicted octanol–water partition coefficient (Wildman–Crippen LogP) is -0.878. The van der Waals surface area contributed by atoms with E-state index in [1.54, 1.807) is 0 Å². The lowest BCUT2D eigenvalue weighted by Crippen LogP contribution is -2.51. The Labute approximate surface area is 107 Å². The summed E-state index contributed by atoms with van der Waals surface area (Å²) in [5.41, 5.74) is 4.93. The smallest absolute Gasteiger partial charge is 0.426 e. The van der Waals surface area contributed by atoms with Crippen molar-refractivity contribution in [2.45, 2.75) is 45.0 Å². The Bertz CT molecular complexity index is 264. The molecular weight excluding hydrogens is 237 g/mol. The SMILES string of the molecule is CCCCCCNC(=O)N[C@H](CC(N)=O)B(O)O. The fourth-order valence-electron chi connectivity index (χ4n) is 1.42. The van der Waals surface area contributed by atoms with Gasteiger partial charge in [0.15, 0.2) is 0 Å². The quantitative estimate of drug-likeness (QED) is 0.272. The topological polar surface area (TPSA) is 125 Å². The van der Waals surface area contributed by atoms with Crippen LogP contribution in [0.25, 0.3) is 0 Å². The van der Waals surface area contributed by atoms with Crippen molar-refractivity contribution < 1.29 is 19.6 Å². The van der Waals surface area contributed by atoms with Crippen LogP contribution in [0.3, 0.4) is 0 Å². The minimum Gasteiger partial charge on any atom is -0.426 e. The van der Waals surface area contributed by atoms with Crippen LogP contribution < -0.4 is 16.4 Å². The number of hydrogen-bond donors (Lipinski definition) is 5. The monoisotopic (exact) mass is 259 g/mol. The fraction of sp³-hybridized carbons (Fsp3) is 0.800. The van der Waals surface area contributed by atoms with E-state index in [4.69, 9.17) is 15.8 Å². The van der Waals surface area contributed by atoms with Crippen LogP contribution in [0.2, 0.25) is 0 Å². The number of nitrogens with one attached hydrogen (secondary N) is 2. The number of primary amides is 1. The first kappa shape index (κ1) is 16.7. The molecule has 0 heterocycles. The molecule has 0 radical (unpaired) electrons. The largest absolute Gasteiger partial charge is 0.476 e. The Balaban J connectivity index is 3.84. The van der Waals surface area contributed by atoms with Gasteiger partial charge in [-0.25, -0.2) is 4.79 Å². The molecule has 0 aliphatic carbocycles. The van der Waals surface area contributed by atoms with E-state index >= 15 is 0 Å². The summed E-state index contributed by atoms with van der Waals surface area (Å²) in [6.07, 6.45) is 3.81. The van der Waals surface area contributed by atoms with Crippen molar-refractivity contribution in [1.82, 2.24) is 10.6 Å². The number of carbonyl (C=O) groups is 2. The van der Waals surface area contributed by atoms with Crippen LogP contribution in [0.15, 0.2) is 0 Å². The molecule has 18 heavy (non-hydrogen) atoms. The van der Waals surface area contributed by atoms with E-state index in [1.165, 1.54) is 0 Å². The highest BCUT2D eigenvalue weighted by Gasteiger charge is 2.26. The van der Waals surface area contributed by atoms with Gasteiger partial charge in [-0.05, 0) is 6.42 Å². The van der Waals surface area contributed by atoms with E-state index < -0.39 is 25.0 Å². The lowest BCUT2D eigenvalue weighted by molar-refractivity contribution is -0.118. The van der Waals surface area contributed by atoms with Gasteiger partial charge in [0.25, 0.3) is 0 Å². The van der Waals surface area contributed by atoms with Crippen molar-refractivity contribution in [3.8, 4) is 0 Å². The van der Waals surface area contributed by atoms with Gasteiger partial charge in [-0.1, -0.05) is 26.2 Å². The fourth-order valence-corrected chi connectivity index (χ4v) is 1.42. The van der Waals surface area contributed by atoms with Crippen molar-refractivity contribution in [2.75, 3.05) is 6.54 Å². The van der Waals surface area contributed by atoms with Gasteiger partial charge >= 0.3 is 13.1 Å². The van der Waals surface area contributed by atoms with Crippen LogP contribution >= 0.6 is 0 Å². The van der Waals surface area contributed by atoms with Gasteiger partial charge < -0.3 is 26.4 Å². The van der Waals surface area contributed by atoms with Crippen molar-refractivity contribution >= 4 is 19.1 Å². The summed E-state index contributed by atoms with van der Waals surface area (Å²) < 4.78 is 0. The summed E-state index contributed by atoms with van der Waals surface area (Å²) in [5, 5.41) is 22.8. The standard InChI is InChI=1S/C10H22BN3O4/c1-2-3-4-5-6-13-10(16)14-8(11(17)18)7-9(12)15/h8,17-18H,2-7H2,1H3,(H2,12,15)(H2,13,14,16)/t8-/m1/s1. The Morgan fingerprint density at radius 1 is 1.28 bits per heavy atom. The summed E-state index contributed by atoms with van der Waals surface area (Å²) in [6, 6.07) is -0.536. The van der Waals surface area contributed by atoms with E-state index in [0.717, 1.165) is 25.7 Å². The van der Waals surface area contributed by atoms with Crippen LogP contribution in [0, 0.1) is 0 Å². The third kappa shape index (κ3) is 8.83. The minimum atomic E-state index is -1.82. The van der Waals surface area contributed by atoms with Gasteiger partial charge in [0, 0.05) is 13.0 Å². The first-order valence-electron chi connectivity index (χ1n) is 6.16. The maximum Gasteiger partial charge on any atom is 0.476 e. The summed E-state index contributed by atoms with van der Waals surface area (Å²) in [6.45, 7) is 2.61. The first-order chi connectivity index (χ1) is 8.47. The van der Waals surface area contributed by atoms with E-state index in [2.05, 4.69) is 17.6 Å². The number of amides is 3. The second-order valence-electron chi connectivity index (χ2n) is 4.15. The van der Waals surface area contributed by atoms with E-state index in [1.807, 2.05) is 0 Å². The molecule has 0 aliphatic rings. The van der Waals surface area contributed by atoms with Crippen molar-refractivity contribution in [2.24, 2.45) is 5.73 Å². The molecule has 0 saturated heterocycles. The highest BCUT2D eigenvalue weighted by molar-refractivity contribution is 6.44. The molecule has 8 heteroatoms. The van der Waals surface area contributed by atoms with Crippen molar-refractivity contribution in [3.05, 3.63) is 0 Å². The Morgan fingerprint density at radius 3 is 2.44 bits per heavy atom. The zero-order valence-electron chi connectivity index (χ0n) is 10.7. The molecule has 3 amide bonds. The van der Waals surface area contributed by atoms with Gasteiger partial charge in [-0.2, -0.15) is 0 Å². The average Bonchev–Trinajstić information content (AvgIpc) is 2.27. The van der Waals surface area contributed by atoms with E-state index in [-0.39, 0.29) is 6.42 Å². The molecule has 7 nitrogen and oxygen atoms in total. The third-order valence-electron chi connectivity index (χ3n) is 2.41. The van der Waals surface area contributed by atoms with Crippen molar-refractivity contribution in [3.63, 3.8) is 0 Å². The first-order valence-corrected chi connectivity index (χ1v) is 6.16. The summed E-state index contributed by atoms with van der Waals surface area (Å²) in [7, 11) is -1.82. The zero-order chi connectivity index (χ0) is 14.0. The third-order valence-corrected chi connectivity index (χ3v) is 2.41. The predicted molar refractivity (Wildman–Crippen MR) is 68.5 cm³/mol. The normalized spacial score (nSPS) is 11.7. The van der Waals surface area contributed by atoms with Crippen LogP contribution in [-0.4, -0.2) is 41.6 Å². The molecule has 0 spiro atoms. The number of hydrogen-bond acceptors (Lipinski definition) is 4. The molecule has 0 aliphatic heterocycles. The van der Waals surface area contributed by atoms with E-state index in [9.17, 15) is 9.59 Å². The maximum atomic E-state index is 11.4. The van der Waals surface area contributed by atoms with Crippen LogP contribution in [0.1, 0.15) is 39.0 Å². The zero-order valence-corrected chi connectivity index (χ0v) is 10.7. The summed E-state index contributed by atoms with van der Waals surface area (Å²) >= 11 is 0. The van der Waals surface area contributed by atoms with Crippen molar-refractivity contribution in [1.29, 1.82) is 0 Å². The number of rotatable bonds is 9. The minimum absolute atomic E-state index is 0.319. The Hall–Kier alpha value is -1.28. The van der Waals surface area contributed by atoms with Gasteiger partial charge in [0.2, 0.25) is 5.91 Å². The number of nitrogens with two attached hydrogens (primary N) is 1.